The van der Waals surface area contributed by atoms with Crippen LogP contribution in [0.4, 0.5) is 5.82 Å². The minimum Gasteiger partial charge on any atom is -0.383 e. The van der Waals surface area contributed by atoms with Gasteiger partial charge in [-0.05, 0) is 55.7 Å². The summed E-state index contributed by atoms with van der Waals surface area (Å²) in [7, 11) is 0. The minimum atomic E-state index is 0.472. The van der Waals surface area contributed by atoms with E-state index in [0.717, 1.165) is 64.2 Å². The Balaban J connectivity index is 1.29. The molecule has 158 valence electrons. The lowest BCUT2D eigenvalue weighted by atomic mass is 9.89. The van der Waals surface area contributed by atoms with Gasteiger partial charge in [-0.3, -0.25) is 9.55 Å². The maximum atomic E-state index is 6.40. The highest BCUT2D eigenvalue weighted by atomic mass is 32.2. The normalized spacial score (nSPS) is 18.4. The fraction of sp³-hybridized carbons (Fsp3) is 0.409. The third kappa shape index (κ3) is 3.49. The first-order valence-electron chi connectivity index (χ1n) is 10.7. The van der Waals surface area contributed by atoms with Gasteiger partial charge in [0.05, 0.1) is 11.1 Å². The van der Waals surface area contributed by atoms with Crippen LogP contribution in [0.25, 0.3) is 21.6 Å². The average molecular weight is 450 g/mol. The molecule has 4 aromatic heterocycles. The Morgan fingerprint density at radius 1 is 1.16 bits per heavy atom. The molecule has 0 saturated heterocycles. The molecular formula is C22H23N7S2. The summed E-state index contributed by atoms with van der Waals surface area (Å²) in [6, 6.07) is 4.43. The first kappa shape index (κ1) is 19.2. The zero-order valence-corrected chi connectivity index (χ0v) is 18.9. The standard InChI is InChI=1S/C22H23N7S2/c1-12-2-5-15-16(10-12)31-21-18(15)19(23)25-17(26-21)11-30-22-28-27-20(29(22)14-3-4-14)13-6-8-24-9-7-13/h6-9,12,14H,2-5,10-11H2,1H3,(H2,23,25,26)/t12-/m0/s1. The molecule has 2 aliphatic carbocycles. The zero-order valence-electron chi connectivity index (χ0n) is 17.3. The number of nitrogen functional groups attached to an aromatic ring is 1. The smallest absolute Gasteiger partial charge is 0.192 e. The molecule has 4 aromatic rings. The van der Waals surface area contributed by atoms with Crippen molar-refractivity contribution in [2.45, 2.75) is 56.0 Å². The number of aromatic nitrogens is 6. The lowest BCUT2D eigenvalue weighted by Crippen LogP contribution is -2.09. The van der Waals surface area contributed by atoms with Crippen LogP contribution in [-0.4, -0.2) is 29.7 Å². The Labute approximate surface area is 188 Å². The van der Waals surface area contributed by atoms with Crippen molar-refractivity contribution in [1.82, 2.24) is 29.7 Å². The average Bonchev–Trinajstić information content (AvgIpc) is 3.41. The van der Waals surface area contributed by atoms with Crippen molar-refractivity contribution in [1.29, 1.82) is 0 Å². The molecule has 0 aromatic carbocycles. The van der Waals surface area contributed by atoms with Crippen LogP contribution in [0.2, 0.25) is 0 Å². The lowest BCUT2D eigenvalue weighted by Gasteiger charge is -2.17. The second-order valence-electron chi connectivity index (χ2n) is 8.49. The predicted octanol–water partition coefficient (Wildman–Crippen LogP) is 4.68. The molecule has 0 unspecified atom stereocenters. The molecule has 6 rings (SSSR count). The van der Waals surface area contributed by atoms with Crippen LogP contribution >= 0.6 is 23.1 Å². The Bertz CT molecular complexity index is 1260. The molecule has 1 saturated carbocycles. The van der Waals surface area contributed by atoms with Crippen molar-refractivity contribution in [3.63, 3.8) is 0 Å². The Morgan fingerprint density at radius 2 is 2.00 bits per heavy atom. The van der Waals surface area contributed by atoms with Crippen LogP contribution in [0.15, 0.2) is 29.7 Å². The molecule has 7 nitrogen and oxygen atoms in total. The van der Waals surface area contributed by atoms with Gasteiger partial charge in [-0.2, -0.15) is 0 Å². The molecule has 1 fully saturated rings. The molecule has 0 aliphatic heterocycles. The number of anilines is 1. The molecule has 2 N–H and O–H groups in total. The SMILES string of the molecule is C[C@H]1CCc2c(sc3nc(CSc4nnc(-c5ccncc5)n4C4CC4)nc(N)c23)C1. The molecule has 0 radical (unpaired) electrons. The van der Waals surface area contributed by atoms with E-state index >= 15 is 0 Å². The van der Waals surface area contributed by atoms with Crippen LogP contribution in [0.3, 0.4) is 0 Å². The van der Waals surface area contributed by atoms with Crippen LogP contribution in [0.5, 0.6) is 0 Å². The summed E-state index contributed by atoms with van der Waals surface area (Å²) in [6.45, 7) is 2.32. The summed E-state index contributed by atoms with van der Waals surface area (Å²) in [5.41, 5.74) is 8.83. The number of hydrogen-bond donors (Lipinski definition) is 1. The van der Waals surface area contributed by atoms with E-state index in [1.54, 1.807) is 35.5 Å². The predicted molar refractivity (Wildman–Crippen MR) is 124 cm³/mol. The fourth-order valence-corrected chi connectivity index (χ4v) is 6.62. The molecule has 31 heavy (non-hydrogen) atoms. The van der Waals surface area contributed by atoms with Crippen molar-refractivity contribution in [2.24, 2.45) is 5.92 Å². The first-order valence-corrected chi connectivity index (χ1v) is 12.5. The van der Waals surface area contributed by atoms with Crippen LogP contribution in [-0.2, 0) is 18.6 Å². The van der Waals surface area contributed by atoms with Gasteiger partial charge in [-0.15, -0.1) is 21.5 Å². The minimum absolute atomic E-state index is 0.472. The Kier molecular flexibility index (Phi) is 4.68. The number of rotatable bonds is 5. The van der Waals surface area contributed by atoms with Gasteiger partial charge in [-0.25, -0.2) is 9.97 Å². The maximum absolute atomic E-state index is 6.40. The third-order valence-corrected chi connectivity index (χ3v) is 8.16. The Hall–Kier alpha value is -2.52. The van der Waals surface area contributed by atoms with E-state index in [-0.39, 0.29) is 0 Å². The van der Waals surface area contributed by atoms with Crippen molar-refractivity contribution in [2.75, 3.05) is 5.73 Å². The number of aryl methyl sites for hydroxylation is 1. The molecule has 9 heteroatoms. The fourth-order valence-electron chi connectivity index (χ4n) is 4.35. The molecule has 1 atom stereocenters. The number of fused-ring (bicyclic) bond motifs is 3. The highest BCUT2D eigenvalue weighted by Gasteiger charge is 2.30. The number of nitrogens with zero attached hydrogens (tertiary/aromatic N) is 6. The van der Waals surface area contributed by atoms with Gasteiger partial charge in [0.2, 0.25) is 0 Å². The van der Waals surface area contributed by atoms with Crippen molar-refractivity contribution in [3.05, 3.63) is 40.8 Å². The van der Waals surface area contributed by atoms with E-state index in [1.165, 1.54) is 16.9 Å². The number of nitrogens with two attached hydrogens (primary N) is 1. The van der Waals surface area contributed by atoms with Gasteiger partial charge >= 0.3 is 0 Å². The van der Waals surface area contributed by atoms with Crippen molar-refractivity contribution >= 4 is 39.1 Å². The van der Waals surface area contributed by atoms with E-state index in [0.29, 0.717) is 17.6 Å². The summed E-state index contributed by atoms with van der Waals surface area (Å²) in [6.07, 6.45) is 9.34. The highest BCUT2D eigenvalue weighted by Crippen LogP contribution is 2.42. The molecular weight excluding hydrogens is 426 g/mol. The van der Waals surface area contributed by atoms with E-state index in [2.05, 4.69) is 31.7 Å². The van der Waals surface area contributed by atoms with E-state index in [1.807, 2.05) is 12.1 Å². The molecule has 0 bridgehead atoms. The second kappa shape index (κ2) is 7.56. The van der Waals surface area contributed by atoms with Gasteiger partial charge in [-0.1, -0.05) is 18.7 Å². The van der Waals surface area contributed by atoms with Crippen LogP contribution in [0.1, 0.15) is 48.5 Å². The summed E-state index contributed by atoms with van der Waals surface area (Å²) < 4.78 is 2.26. The number of hydrogen-bond acceptors (Lipinski definition) is 8. The maximum Gasteiger partial charge on any atom is 0.192 e. The van der Waals surface area contributed by atoms with Gasteiger partial charge in [0.1, 0.15) is 16.5 Å². The van der Waals surface area contributed by atoms with Crippen molar-refractivity contribution < 1.29 is 0 Å². The number of pyridine rings is 1. The van der Waals surface area contributed by atoms with E-state index < -0.39 is 0 Å². The summed E-state index contributed by atoms with van der Waals surface area (Å²) in [5, 5.41) is 11.0. The summed E-state index contributed by atoms with van der Waals surface area (Å²) in [4.78, 5) is 16.1. The van der Waals surface area contributed by atoms with Crippen molar-refractivity contribution in [3.8, 4) is 11.4 Å². The topological polar surface area (TPSA) is 95.4 Å². The quantitative estimate of drug-likeness (QED) is 0.442. The Morgan fingerprint density at radius 3 is 2.81 bits per heavy atom. The van der Waals surface area contributed by atoms with Gasteiger partial charge in [0, 0.05) is 28.9 Å². The zero-order chi connectivity index (χ0) is 20.9. The first-order chi connectivity index (χ1) is 15.2. The summed E-state index contributed by atoms with van der Waals surface area (Å²) in [5.74, 6) is 3.64. The van der Waals surface area contributed by atoms with Crippen LogP contribution < -0.4 is 5.73 Å². The molecule has 0 spiro atoms. The van der Waals surface area contributed by atoms with Gasteiger partial charge < -0.3 is 5.73 Å². The van der Waals surface area contributed by atoms with Crippen LogP contribution in [0, 0.1) is 5.92 Å². The largest absolute Gasteiger partial charge is 0.383 e. The van der Waals surface area contributed by atoms with E-state index in [4.69, 9.17) is 10.7 Å². The molecule has 2 aliphatic rings. The summed E-state index contributed by atoms with van der Waals surface area (Å²) >= 11 is 3.43. The van der Waals surface area contributed by atoms with Gasteiger partial charge in [0.25, 0.3) is 0 Å². The lowest BCUT2D eigenvalue weighted by molar-refractivity contribution is 0.509. The monoisotopic (exact) mass is 449 g/mol. The molecule has 0 amide bonds. The number of thiophene rings is 1. The van der Waals surface area contributed by atoms with Gasteiger partial charge in [0.15, 0.2) is 11.0 Å². The van der Waals surface area contributed by atoms with E-state index in [9.17, 15) is 0 Å². The number of thioether (sulfide) groups is 1. The molecule has 4 heterocycles. The third-order valence-electron chi connectivity index (χ3n) is 6.07. The second-order valence-corrected chi connectivity index (χ2v) is 10.5. The highest BCUT2D eigenvalue weighted by molar-refractivity contribution is 7.98.